The summed E-state index contributed by atoms with van der Waals surface area (Å²) in [6, 6.07) is 0. The van der Waals surface area contributed by atoms with Gasteiger partial charge in [0, 0.05) is 0 Å². The first-order valence-electron chi connectivity index (χ1n) is 2.78. The number of carbonyl (C=O) groups excluding carboxylic acids is 1. The highest BCUT2D eigenvalue weighted by molar-refractivity contribution is 5.64. The summed E-state index contributed by atoms with van der Waals surface area (Å²) in [5.74, 6) is 0. The van der Waals surface area contributed by atoms with Crippen LogP contribution in [-0.4, -0.2) is 24.9 Å². The Morgan fingerprint density at radius 3 is 2.67 bits per heavy atom. The average Bonchev–Trinajstić information content (AvgIpc) is 1.79. The summed E-state index contributed by atoms with van der Waals surface area (Å²) < 4.78 is 9.52. The maximum atomic E-state index is 10.1. The molecule has 1 amide bonds. The first-order valence-corrected chi connectivity index (χ1v) is 2.78. The van der Waals surface area contributed by atoms with Gasteiger partial charge in [-0.2, -0.15) is 0 Å². The van der Waals surface area contributed by atoms with Crippen LogP contribution in [0, 0.1) is 0 Å². The van der Waals surface area contributed by atoms with Gasteiger partial charge in [-0.1, -0.05) is 0 Å². The first-order chi connectivity index (χ1) is 4.20. The smallest absolute Gasteiger partial charge is 0.404 e. The third kappa shape index (κ3) is 1.32. The van der Waals surface area contributed by atoms with Crippen molar-refractivity contribution in [3.05, 3.63) is 0 Å². The van der Waals surface area contributed by atoms with Gasteiger partial charge in [0.05, 0.1) is 12.7 Å². The van der Waals surface area contributed by atoms with E-state index >= 15 is 0 Å². The number of hydrogen-bond donors (Lipinski definition) is 1. The number of hydrogen-bond acceptors (Lipinski definition) is 3. The van der Waals surface area contributed by atoms with Crippen molar-refractivity contribution in [1.29, 1.82) is 0 Å². The number of primary amides is 1. The molecule has 0 aromatic carbocycles. The number of nitrogens with two attached hydrogens (primary N) is 1. The quantitative estimate of drug-likeness (QED) is 0.539. The van der Waals surface area contributed by atoms with Crippen LogP contribution >= 0.6 is 0 Å². The highest BCUT2D eigenvalue weighted by Crippen LogP contribution is 2.14. The molecule has 0 bridgehead atoms. The predicted octanol–water partition coefficient (Wildman–Crippen LogP) is -0.131. The number of carbonyl (C=O) groups is 1. The van der Waals surface area contributed by atoms with Crippen LogP contribution in [0.1, 0.15) is 6.92 Å². The molecule has 1 saturated heterocycles. The zero-order valence-corrected chi connectivity index (χ0v) is 5.16. The molecule has 0 spiro atoms. The summed E-state index contributed by atoms with van der Waals surface area (Å²) in [4.78, 5) is 10.1. The summed E-state index contributed by atoms with van der Waals surface area (Å²) in [7, 11) is 0. The fraction of sp³-hybridized carbons (Fsp3) is 0.800. The third-order valence-electron chi connectivity index (χ3n) is 1.31. The molecule has 2 unspecified atom stereocenters. The lowest BCUT2D eigenvalue weighted by Gasteiger charge is -2.32. The minimum atomic E-state index is -0.727. The van der Waals surface area contributed by atoms with Crippen LogP contribution in [0.3, 0.4) is 0 Å². The summed E-state index contributed by atoms with van der Waals surface area (Å²) in [6.07, 6.45) is -0.838. The van der Waals surface area contributed by atoms with E-state index in [1.54, 1.807) is 0 Å². The van der Waals surface area contributed by atoms with E-state index in [0.29, 0.717) is 6.61 Å². The Kier molecular flexibility index (Phi) is 1.57. The van der Waals surface area contributed by atoms with Gasteiger partial charge >= 0.3 is 6.09 Å². The maximum Gasteiger partial charge on any atom is 0.404 e. The molecule has 4 heteroatoms. The molecule has 0 aliphatic carbocycles. The van der Waals surface area contributed by atoms with Gasteiger partial charge in [0.25, 0.3) is 0 Å². The van der Waals surface area contributed by atoms with Crippen LogP contribution in [0.15, 0.2) is 0 Å². The Morgan fingerprint density at radius 2 is 2.56 bits per heavy atom. The fourth-order valence-corrected chi connectivity index (χ4v) is 0.646. The van der Waals surface area contributed by atoms with Crippen LogP contribution in [0.5, 0.6) is 0 Å². The lowest BCUT2D eigenvalue weighted by atomic mass is 10.2. The van der Waals surface area contributed by atoms with Crippen molar-refractivity contribution in [2.75, 3.05) is 6.61 Å². The summed E-state index contributed by atoms with van der Waals surface area (Å²) in [5.41, 5.74) is 4.75. The third-order valence-corrected chi connectivity index (χ3v) is 1.31. The molecular formula is C5H9NO3. The van der Waals surface area contributed by atoms with Crippen LogP contribution in [0.4, 0.5) is 4.79 Å². The average molecular weight is 131 g/mol. The van der Waals surface area contributed by atoms with Gasteiger partial charge in [-0.05, 0) is 6.92 Å². The van der Waals surface area contributed by atoms with E-state index in [2.05, 4.69) is 4.74 Å². The van der Waals surface area contributed by atoms with E-state index in [-0.39, 0.29) is 12.2 Å². The zero-order valence-electron chi connectivity index (χ0n) is 5.16. The van der Waals surface area contributed by atoms with Crippen LogP contribution < -0.4 is 5.73 Å². The molecule has 1 heterocycles. The van der Waals surface area contributed by atoms with Crippen LogP contribution in [0.25, 0.3) is 0 Å². The Morgan fingerprint density at radius 1 is 1.89 bits per heavy atom. The minimum absolute atomic E-state index is 0.0116. The van der Waals surface area contributed by atoms with Crippen molar-refractivity contribution in [3.8, 4) is 0 Å². The van der Waals surface area contributed by atoms with Gasteiger partial charge < -0.3 is 15.2 Å². The normalized spacial score (nSPS) is 33.0. The van der Waals surface area contributed by atoms with Crippen molar-refractivity contribution in [1.82, 2.24) is 0 Å². The molecule has 1 aliphatic rings. The molecule has 0 radical (unpaired) electrons. The second-order valence-electron chi connectivity index (χ2n) is 2.01. The van der Waals surface area contributed by atoms with Gasteiger partial charge in [0.1, 0.15) is 0 Å². The van der Waals surface area contributed by atoms with E-state index in [1.165, 1.54) is 0 Å². The molecule has 1 aliphatic heterocycles. The molecule has 0 aromatic rings. The highest BCUT2D eigenvalue weighted by Gasteiger charge is 2.30. The summed E-state index contributed by atoms with van der Waals surface area (Å²) in [5, 5.41) is 0. The zero-order chi connectivity index (χ0) is 6.85. The maximum absolute atomic E-state index is 10.1. The fourth-order valence-electron chi connectivity index (χ4n) is 0.646. The Labute approximate surface area is 52.9 Å². The molecule has 1 fully saturated rings. The predicted molar refractivity (Wildman–Crippen MR) is 29.9 cm³/mol. The molecule has 52 valence electrons. The van der Waals surface area contributed by atoms with Gasteiger partial charge in [0.15, 0.2) is 6.10 Å². The molecule has 0 saturated carbocycles. The van der Waals surface area contributed by atoms with Gasteiger partial charge in [-0.3, -0.25) is 0 Å². The van der Waals surface area contributed by atoms with Crippen molar-refractivity contribution >= 4 is 6.09 Å². The second kappa shape index (κ2) is 2.23. The SMILES string of the molecule is CC1OCC1OC(N)=O. The molecule has 2 atom stereocenters. The van der Waals surface area contributed by atoms with E-state index in [9.17, 15) is 4.79 Å². The number of ether oxygens (including phenoxy) is 2. The molecular weight excluding hydrogens is 122 g/mol. The standard InChI is InChI=1S/C5H9NO3/c1-3-4(2-8-3)9-5(6)7/h3-4H,2H2,1H3,(H2,6,7). The van der Waals surface area contributed by atoms with Gasteiger partial charge in [-0.15, -0.1) is 0 Å². The van der Waals surface area contributed by atoms with Crippen molar-refractivity contribution in [2.24, 2.45) is 5.73 Å². The lowest BCUT2D eigenvalue weighted by Crippen LogP contribution is -2.46. The van der Waals surface area contributed by atoms with E-state index in [0.717, 1.165) is 0 Å². The minimum Gasteiger partial charge on any atom is -0.441 e. The van der Waals surface area contributed by atoms with E-state index in [4.69, 9.17) is 10.5 Å². The Balaban J connectivity index is 2.21. The molecule has 0 aromatic heterocycles. The molecule has 2 N–H and O–H groups in total. The van der Waals surface area contributed by atoms with Crippen molar-refractivity contribution < 1.29 is 14.3 Å². The summed E-state index contributed by atoms with van der Waals surface area (Å²) >= 11 is 0. The second-order valence-corrected chi connectivity index (χ2v) is 2.01. The van der Waals surface area contributed by atoms with E-state index < -0.39 is 6.09 Å². The van der Waals surface area contributed by atoms with Gasteiger partial charge in [-0.25, -0.2) is 4.79 Å². The van der Waals surface area contributed by atoms with E-state index in [1.807, 2.05) is 6.92 Å². The number of rotatable bonds is 1. The topological polar surface area (TPSA) is 61.6 Å². The van der Waals surface area contributed by atoms with Crippen molar-refractivity contribution in [2.45, 2.75) is 19.1 Å². The molecule has 4 nitrogen and oxygen atoms in total. The highest BCUT2D eigenvalue weighted by atomic mass is 16.6. The Hall–Kier alpha value is -0.770. The van der Waals surface area contributed by atoms with Crippen molar-refractivity contribution in [3.63, 3.8) is 0 Å². The summed E-state index contributed by atoms with van der Waals surface area (Å²) in [6.45, 7) is 2.31. The van der Waals surface area contributed by atoms with Crippen LogP contribution in [0.2, 0.25) is 0 Å². The first kappa shape index (κ1) is 6.35. The largest absolute Gasteiger partial charge is 0.441 e. The molecule has 9 heavy (non-hydrogen) atoms. The lowest BCUT2D eigenvalue weighted by molar-refractivity contribution is -0.152. The monoisotopic (exact) mass is 131 g/mol. The van der Waals surface area contributed by atoms with Crippen LogP contribution in [-0.2, 0) is 9.47 Å². The molecule has 1 rings (SSSR count). The number of amides is 1. The Bertz CT molecular complexity index is 125. The van der Waals surface area contributed by atoms with Gasteiger partial charge in [0.2, 0.25) is 0 Å².